The van der Waals surface area contributed by atoms with Crippen LogP contribution in [-0.2, 0) is 0 Å². The number of ether oxygens (including phenoxy) is 3. The first-order valence-corrected chi connectivity index (χ1v) is 11.6. The maximum Gasteiger partial charge on any atom is 0.261 e. The average molecular weight is 525 g/mol. The van der Waals surface area contributed by atoms with Gasteiger partial charge in [-0.3, -0.25) is 14.6 Å². The normalized spacial score (nSPS) is 11.1. The van der Waals surface area contributed by atoms with E-state index in [-0.39, 0.29) is 28.6 Å². The summed E-state index contributed by atoms with van der Waals surface area (Å²) in [6.45, 7) is 6.97. The van der Waals surface area contributed by atoms with Crippen LogP contribution in [0.25, 0.3) is 11.0 Å². The molecule has 9 nitrogen and oxygen atoms in total. The predicted molar refractivity (Wildman–Crippen MR) is 138 cm³/mol. The van der Waals surface area contributed by atoms with Gasteiger partial charge in [-0.2, -0.15) is 0 Å². The quantitative estimate of drug-likeness (QED) is 0.333. The molecule has 0 bridgehead atoms. The summed E-state index contributed by atoms with van der Waals surface area (Å²) >= 11 is 0. The first-order chi connectivity index (χ1) is 18.0. The van der Waals surface area contributed by atoms with Crippen LogP contribution in [0.2, 0.25) is 0 Å². The molecular formula is C27H26F2N4O5. The Morgan fingerprint density at radius 1 is 1.00 bits per heavy atom. The second kappa shape index (κ2) is 10.4. The molecule has 0 fully saturated rings. The van der Waals surface area contributed by atoms with Crippen molar-refractivity contribution >= 4 is 22.6 Å². The Bertz CT molecular complexity index is 1620. The molecule has 0 saturated carbocycles. The molecule has 0 aliphatic carbocycles. The number of halogens is 2. The van der Waals surface area contributed by atoms with Gasteiger partial charge in [0, 0.05) is 47.4 Å². The van der Waals surface area contributed by atoms with Crippen molar-refractivity contribution in [2.45, 2.75) is 33.6 Å². The molecule has 0 atom stereocenters. The van der Waals surface area contributed by atoms with Gasteiger partial charge < -0.3 is 24.5 Å². The van der Waals surface area contributed by atoms with Crippen molar-refractivity contribution in [2.75, 3.05) is 19.5 Å². The minimum absolute atomic E-state index is 0.0917. The van der Waals surface area contributed by atoms with Gasteiger partial charge in [-0.15, -0.1) is 0 Å². The number of methoxy groups -OCH3 is 2. The van der Waals surface area contributed by atoms with Crippen LogP contribution in [-0.4, -0.2) is 35.1 Å². The van der Waals surface area contributed by atoms with Gasteiger partial charge in [0.25, 0.3) is 11.8 Å². The number of H-pyrrole nitrogens is 1. The van der Waals surface area contributed by atoms with E-state index in [9.17, 15) is 9.59 Å². The topological polar surface area (TPSA) is 115 Å². The van der Waals surface area contributed by atoms with Gasteiger partial charge in [0.05, 0.1) is 25.4 Å². The van der Waals surface area contributed by atoms with Crippen LogP contribution in [0.1, 0.15) is 47.1 Å². The molecule has 3 heterocycles. The first-order valence-electron chi connectivity index (χ1n) is 11.6. The number of carbonyl (C=O) groups is 1. The number of aryl methyl sites for hydroxylation is 2. The third-order valence-corrected chi connectivity index (χ3v) is 5.94. The summed E-state index contributed by atoms with van der Waals surface area (Å²) in [7, 11) is 2.86. The van der Waals surface area contributed by atoms with E-state index in [0.717, 1.165) is 12.1 Å². The van der Waals surface area contributed by atoms with Crippen LogP contribution in [0.5, 0.6) is 23.1 Å². The average Bonchev–Trinajstić information content (AvgIpc) is 2.85. The number of benzene rings is 1. The van der Waals surface area contributed by atoms with E-state index in [0.29, 0.717) is 28.2 Å². The number of hydrogen-bond donors (Lipinski definition) is 2. The predicted octanol–water partition coefficient (Wildman–Crippen LogP) is 5.40. The second-order valence-corrected chi connectivity index (χ2v) is 8.84. The number of carbonyl (C=O) groups excluding carboxylic acids is 1. The Morgan fingerprint density at radius 2 is 1.74 bits per heavy atom. The van der Waals surface area contributed by atoms with Gasteiger partial charge in [0.15, 0.2) is 34.3 Å². The standard InChI is InChI=1S/C27H26F2N4O5/c1-12(2)22-13(3)31-14(4)23(25(22)34)26(35)32-17-9-16(29)20(10-15(17)28)38-19-7-8-30-18-11-21(36-5)27(37-6)33-24(18)19/h7-12H,1-6H3,(H,31,34)(H,32,35). The molecule has 0 radical (unpaired) electrons. The van der Waals surface area contributed by atoms with Gasteiger partial charge in [0.1, 0.15) is 11.1 Å². The maximum absolute atomic E-state index is 15.0. The lowest BCUT2D eigenvalue weighted by Crippen LogP contribution is -2.28. The molecule has 4 rings (SSSR count). The number of aromatic amines is 1. The minimum atomic E-state index is -0.967. The summed E-state index contributed by atoms with van der Waals surface area (Å²) in [4.78, 5) is 37.5. The molecule has 38 heavy (non-hydrogen) atoms. The van der Waals surface area contributed by atoms with Gasteiger partial charge in [-0.05, 0) is 19.8 Å². The Hall–Kier alpha value is -4.54. The highest BCUT2D eigenvalue weighted by molar-refractivity contribution is 6.05. The zero-order valence-corrected chi connectivity index (χ0v) is 21.7. The summed E-state index contributed by atoms with van der Waals surface area (Å²) in [5, 5.41) is 2.30. The molecule has 1 amide bonds. The molecule has 1 aromatic carbocycles. The highest BCUT2D eigenvalue weighted by Gasteiger charge is 2.23. The summed E-state index contributed by atoms with van der Waals surface area (Å²) in [5.41, 5.74) is 0.945. The summed E-state index contributed by atoms with van der Waals surface area (Å²) in [6.07, 6.45) is 1.42. The fraction of sp³-hybridized carbons (Fsp3) is 0.259. The highest BCUT2D eigenvalue weighted by Crippen LogP contribution is 2.35. The van der Waals surface area contributed by atoms with Crippen LogP contribution in [0, 0.1) is 25.5 Å². The fourth-order valence-corrected chi connectivity index (χ4v) is 4.25. The van der Waals surface area contributed by atoms with Crippen molar-refractivity contribution in [2.24, 2.45) is 0 Å². The van der Waals surface area contributed by atoms with E-state index in [2.05, 4.69) is 20.3 Å². The molecule has 0 aliphatic heterocycles. The van der Waals surface area contributed by atoms with Crippen molar-refractivity contribution in [1.29, 1.82) is 0 Å². The number of amides is 1. The zero-order valence-electron chi connectivity index (χ0n) is 21.7. The number of nitrogens with one attached hydrogen (secondary N) is 2. The molecule has 0 aliphatic rings. The Balaban J connectivity index is 1.67. The van der Waals surface area contributed by atoms with Crippen LogP contribution < -0.4 is 25.0 Å². The van der Waals surface area contributed by atoms with Crippen molar-refractivity contribution in [3.05, 3.63) is 74.8 Å². The van der Waals surface area contributed by atoms with E-state index in [4.69, 9.17) is 14.2 Å². The Morgan fingerprint density at radius 3 is 2.39 bits per heavy atom. The Kier molecular flexibility index (Phi) is 7.29. The van der Waals surface area contributed by atoms with E-state index in [1.165, 1.54) is 26.5 Å². The minimum Gasteiger partial charge on any atom is -0.491 e. The van der Waals surface area contributed by atoms with Crippen molar-refractivity contribution in [3.8, 4) is 23.1 Å². The lowest BCUT2D eigenvalue weighted by atomic mass is 9.97. The van der Waals surface area contributed by atoms with Gasteiger partial charge >= 0.3 is 0 Å². The van der Waals surface area contributed by atoms with Gasteiger partial charge in [0.2, 0.25) is 0 Å². The molecule has 3 aromatic heterocycles. The van der Waals surface area contributed by atoms with E-state index < -0.39 is 34.4 Å². The van der Waals surface area contributed by atoms with E-state index >= 15 is 8.78 Å². The molecule has 198 valence electrons. The number of hydrogen-bond acceptors (Lipinski definition) is 7. The molecule has 0 spiro atoms. The number of nitrogens with zero attached hydrogens (tertiary/aromatic N) is 2. The lowest BCUT2D eigenvalue weighted by Gasteiger charge is -2.15. The molecule has 11 heteroatoms. The van der Waals surface area contributed by atoms with E-state index in [1.807, 2.05) is 13.8 Å². The van der Waals surface area contributed by atoms with Crippen LogP contribution in [0.3, 0.4) is 0 Å². The summed E-state index contributed by atoms with van der Waals surface area (Å²) < 4.78 is 46.1. The number of pyridine rings is 3. The monoisotopic (exact) mass is 524 g/mol. The van der Waals surface area contributed by atoms with E-state index in [1.54, 1.807) is 19.9 Å². The van der Waals surface area contributed by atoms with Crippen LogP contribution in [0.4, 0.5) is 14.5 Å². The van der Waals surface area contributed by atoms with Crippen molar-refractivity contribution in [3.63, 3.8) is 0 Å². The SMILES string of the molecule is COc1cc2nccc(Oc3cc(F)c(NC(=O)c4c(C)[nH]c(C)c(C(C)C)c4=O)cc3F)c2nc1OC. The molecule has 0 unspecified atom stereocenters. The highest BCUT2D eigenvalue weighted by atomic mass is 19.1. The molecule has 4 aromatic rings. The van der Waals surface area contributed by atoms with Crippen LogP contribution >= 0.6 is 0 Å². The van der Waals surface area contributed by atoms with Gasteiger partial charge in [-0.1, -0.05) is 13.8 Å². The molecule has 0 saturated heterocycles. The van der Waals surface area contributed by atoms with Gasteiger partial charge in [-0.25, -0.2) is 13.8 Å². The smallest absolute Gasteiger partial charge is 0.261 e. The molecule has 2 N–H and O–H groups in total. The number of aromatic nitrogens is 3. The summed E-state index contributed by atoms with van der Waals surface area (Å²) in [5.74, 6) is -2.78. The van der Waals surface area contributed by atoms with Crippen molar-refractivity contribution < 1.29 is 27.8 Å². The number of rotatable bonds is 7. The van der Waals surface area contributed by atoms with Crippen LogP contribution in [0.15, 0.2) is 35.3 Å². The summed E-state index contributed by atoms with van der Waals surface area (Å²) in [6, 6.07) is 4.59. The third kappa shape index (κ3) is 4.86. The maximum atomic E-state index is 15.0. The molecular weight excluding hydrogens is 498 g/mol. The largest absolute Gasteiger partial charge is 0.491 e. The number of fused-ring (bicyclic) bond motifs is 1. The first kappa shape index (κ1) is 26.5. The lowest BCUT2D eigenvalue weighted by molar-refractivity contribution is 0.102. The van der Waals surface area contributed by atoms with Crippen molar-refractivity contribution in [1.82, 2.24) is 15.0 Å². The Labute approximate surface area is 216 Å². The number of anilines is 1. The second-order valence-electron chi connectivity index (χ2n) is 8.84. The zero-order chi connectivity index (χ0) is 27.7. The third-order valence-electron chi connectivity index (χ3n) is 5.94. The fourth-order valence-electron chi connectivity index (χ4n) is 4.25.